The summed E-state index contributed by atoms with van der Waals surface area (Å²) in [4.78, 5) is 11.4. The lowest BCUT2D eigenvalue weighted by atomic mass is 9.86. The van der Waals surface area contributed by atoms with Gasteiger partial charge in [-0.3, -0.25) is 4.79 Å². The first kappa shape index (κ1) is 25.0. The summed E-state index contributed by atoms with van der Waals surface area (Å²) in [5, 5.41) is 9.31. The van der Waals surface area contributed by atoms with Crippen LogP contribution in [-0.2, 0) is 16.6 Å². The summed E-state index contributed by atoms with van der Waals surface area (Å²) in [6.45, 7) is 8.64. The molecule has 0 fully saturated rings. The van der Waals surface area contributed by atoms with Crippen LogP contribution in [0.5, 0.6) is 0 Å². The fraction of sp³-hybridized carbons (Fsp3) is 0.333. The van der Waals surface area contributed by atoms with Gasteiger partial charge >= 0.3 is 5.97 Å². The van der Waals surface area contributed by atoms with Gasteiger partial charge in [-0.05, 0) is 65.1 Å². The Balaban J connectivity index is 0.000000220. The number of rotatable bonds is 5. The molecule has 0 aliphatic heterocycles. The lowest BCUT2D eigenvalue weighted by Gasteiger charge is -2.19. The third kappa shape index (κ3) is 8.08. The average molecular weight is 455 g/mol. The van der Waals surface area contributed by atoms with Crippen LogP contribution in [0, 0.1) is 0 Å². The quantitative estimate of drug-likeness (QED) is 0.467. The van der Waals surface area contributed by atoms with Crippen LogP contribution in [0.3, 0.4) is 0 Å². The number of halogens is 1. The van der Waals surface area contributed by atoms with E-state index < -0.39 is 5.97 Å². The highest BCUT2D eigenvalue weighted by molar-refractivity contribution is 7.80. The molecule has 1 aliphatic rings. The molecule has 0 saturated heterocycles. The van der Waals surface area contributed by atoms with E-state index in [1.54, 1.807) is 0 Å². The van der Waals surface area contributed by atoms with Crippen molar-refractivity contribution in [2.24, 2.45) is 0 Å². The van der Waals surface area contributed by atoms with E-state index in [-0.39, 0.29) is 11.8 Å². The van der Waals surface area contributed by atoms with Gasteiger partial charge in [0.15, 0.2) is 0 Å². The zero-order chi connectivity index (χ0) is 23.0. The standard InChI is InChI=1S/C14H20O2.C13H11ClS/c1-14(2,3)12-9-7-11(8-10-12)5-4-6-13(15)16;1-9-12(3-2-4-13(9)15)10-5-7-11(14)8-6-10/h7-10H,4-6H2,1-3H3,(H,15,16);2-3,5-8H,4H2,1H3. The third-order valence-corrected chi connectivity index (χ3v) is 5.97. The normalized spacial score (nSPS) is 13.6. The van der Waals surface area contributed by atoms with Crippen molar-refractivity contribution < 1.29 is 9.90 Å². The molecule has 3 rings (SSSR count). The number of carbonyl (C=O) groups is 1. The smallest absolute Gasteiger partial charge is 0.303 e. The maximum atomic E-state index is 10.4. The number of thiocarbonyl (C=S) groups is 1. The lowest BCUT2D eigenvalue weighted by Crippen LogP contribution is -2.10. The van der Waals surface area contributed by atoms with E-state index >= 15 is 0 Å². The number of aryl methyl sites for hydroxylation is 1. The number of benzene rings is 2. The highest BCUT2D eigenvalue weighted by Gasteiger charge is 2.13. The highest BCUT2D eigenvalue weighted by Crippen LogP contribution is 2.27. The topological polar surface area (TPSA) is 37.3 Å². The first-order valence-electron chi connectivity index (χ1n) is 10.6. The number of allylic oxidation sites excluding steroid dienone is 4. The Bertz CT molecular complexity index is 962. The van der Waals surface area contributed by atoms with E-state index in [1.165, 1.54) is 27.8 Å². The third-order valence-electron chi connectivity index (χ3n) is 5.24. The van der Waals surface area contributed by atoms with Gasteiger partial charge in [-0.1, -0.05) is 93.1 Å². The van der Waals surface area contributed by atoms with Crippen molar-refractivity contribution in [3.63, 3.8) is 0 Å². The van der Waals surface area contributed by atoms with Crippen molar-refractivity contribution in [3.05, 3.63) is 88.0 Å². The van der Waals surface area contributed by atoms with Crippen LogP contribution in [0.1, 0.15) is 63.6 Å². The van der Waals surface area contributed by atoms with Crippen LogP contribution in [0.2, 0.25) is 5.02 Å². The second-order valence-corrected chi connectivity index (χ2v) is 9.70. The minimum Gasteiger partial charge on any atom is -0.481 e. The molecule has 1 N–H and O–H groups in total. The first-order valence-corrected chi connectivity index (χ1v) is 11.3. The van der Waals surface area contributed by atoms with Crippen molar-refractivity contribution in [1.82, 2.24) is 0 Å². The second-order valence-electron chi connectivity index (χ2n) is 8.77. The van der Waals surface area contributed by atoms with Crippen molar-refractivity contribution in [2.45, 2.75) is 58.8 Å². The van der Waals surface area contributed by atoms with E-state index in [2.05, 4.69) is 64.1 Å². The molecular weight excluding hydrogens is 424 g/mol. The molecule has 0 heterocycles. The van der Waals surface area contributed by atoms with Gasteiger partial charge in [-0.25, -0.2) is 0 Å². The van der Waals surface area contributed by atoms with E-state index in [0.717, 1.165) is 22.7 Å². The van der Waals surface area contributed by atoms with Gasteiger partial charge in [0.1, 0.15) is 0 Å². The van der Waals surface area contributed by atoms with Crippen LogP contribution in [0.4, 0.5) is 0 Å². The molecule has 164 valence electrons. The Morgan fingerprint density at radius 3 is 2.23 bits per heavy atom. The zero-order valence-electron chi connectivity index (χ0n) is 18.7. The molecule has 0 bridgehead atoms. The van der Waals surface area contributed by atoms with Crippen LogP contribution >= 0.6 is 23.8 Å². The minimum atomic E-state index is -0.716. The monoisotopic (exact) mass is 454 g/mol. The molecule has 2 aromatic carbocycles. The Kier molecular flexibility index (Phi) is 9.21. The van der Waals surface area contributed by atoms with Gasteiger partial charge in [0.2, 0.25) is 0 Å². The molecule has 2 aromatic rings. The molecule has 0 amide bonds. The number of hydrogen-bond acceptors (Lipinski definition) is 2. The average Bonchev–Trinajstić information content (AvgIpc) is 2.71. The summed E-state index contributed by atoms with van der Waals surface area (Å²) in [5.41, 5.74) is 6.30. The molecule has 4 heteroatoms. The van der Waals surface area contributed by atoms with Gasteiger partial charge in [0.05, 0.1) is 0 Å². The summed E-state index contributed by atoms with van der Waals surface area (Å²) in [6, 6.07) is 16.3. The van der Waals surface area contributed by atoms with Gasteiger partial charge in [-0.15, -0.1) is 0 Å². The summed E-state index contributed by atoms with van der Waals surface area (Å²) >= 11 is 11.2. The van der Waals surface area contributed by atoms with Crippen LogP contribution in [0.15, 0.2) is 66.3 Å². The Morgan fingerprint density at radius 1 is 1.06 bits per heavy atom. The summed E-state index contributed by atoms with van der Waals surface area (Å²) in [6.07, 6.45) is 6.94. The van der Waals surface area contributed by atoms with Crippen LogP contribution < -0.4 is 0 Å². The molecule has 2 nitrogen and oxygen atoms in total. The van der Waals surface area contributed by atoms with Gasteiger partial charge < -0.3 is 5.11 Å². The Morgan fingerprint density at radius 2 is 1.68 bits per heavy atom. The molecule has 0 radical (unpaired) electrons. The van der Waals surface area contributed by atoms with Crippen molar-refractivity contribution in [2.75, 3.05) is 0 Å². The lowest BCUT2D eigenvalue weighted by molar-refractivity contribution is -0.137. The fourth-order valence-electron chi connectivity index (χ4n) is 3.27. The maximum absolute atomic E-state index is 10.4. The van der Waals surface area contributed by atoms with Crippen molar-refractivity contribution >= 4 is 40.2 Å². The van der Waals surface area contributed by atoms with E-state index in [9.17, 15) is 4.79 Å². The van der Waals surface area contributed by atoms with Crippen molar-refractivity contribution in [3.8, 4) is 0 Å². The van der Waals surface area contributed by atoms with E-state index in [0.29, 0.717) is 6.42 Å². The summed E-state index contributed by atoms with van der Waals surface area (Å²) < 4.78 is 0. The SMILES string of the molecule is CC(C)(C)c1ccc(CCCC(=O)O)cc1.CC1=C(c2ccc(Cl)cc2)C=CCC1=S. The fourth-order valence-corrected chi connectivity index (χ4v) is 3.60. The number of aliphatic carboxylic acids is 1. The van der Waals surface area contributed by atoms with Gasteiger partial charge in [0, 0.05) is 22.7 Å². The Hall–Kier alpha value is -2.23. The second kappa shape index (κ2) is 11.4. The molecule has 1 aliphatic carbocycles. The number of carboxylic acid groups (broad SMARTS) is 1. The van der Waals surface area contributed by atoms with E-state index in [1.807, 2.05) is 24.3 Å². The summed E-state index contributed by atoms with van der Waals surface area (Å²) in [7, 11) is 0. The molecule has 0 aromatic heterocycles. The molecule has 0 atom stereocenters. The molecular formula is C27H31ClO2S. The molecule has 0 spiro atoms. The first-order chi connectivity index (χ1) is 14.6. The minimum absolute atomic E-state index is 0.180. The zero-order valence-corrected chi connectivity index (χ0v) is 20.3. The largest absolute Gasteiger partial charge is 0.481 e. The maximum Gasteiger partial charge on any atom is 0.303 e. The predicted molar refractivity (Wildman–Crippen MR) is 136 cm³/mol. The van der Waals surface area contributed by atoms with Crippen molar-refractivity contribution in [1.29, 1.82) is 0 Å². The molecule has 31 heavy (non-hydrogen) atoms. The molecule has 0 unspecified atom stereocenters. The van der Waals surface area contributed by atoms with Crippen LogP contribution in [-0.4, -0.2) is 15.9 Å². The number of carboxylic acids is 1. The highest BCUT2D eigenvalue weighted by atomic mass is 35.5. The Labute approximate surface area is 196 Å². The number of hydrogen-bond donors (Lipinski definition) is 1. The summed E-state index contributed by atoms with van der Waals surface area (Å²) in [5.74, 6) is -0.716. The molecule has 0 saturated carbocycles. The predicted octanol–water partition coefficient (Wildman–Crippen LogP) is 7.83. The van der Waals surface area contributed by atoms with E-state index in [4.69, 9.17) is 28.9 Å². The van der Waals surface area contributed by atoms with Gasteiger partial charge in [0.25, 0.3) is 0 Å². The van der Waals surface area contributed by atoms with Crippen LogP contribution in [0.25, 0.3) is 5.57 Å². The van der Waals surface area contributed by atoms with Gasteiger partial charge in [-0.2, -0.15) is 0 Å².